The fourth-order valence-corrected chi connectivity index (χ4v) is 7.02. The van der Waals surface area contributed by atoms with Gasteiger partial charge in [-0.3, -0.25) is 28.8 Å². The largest absolute Gasteiger partial charge is 0.507 e. The molecule has 0 saturated carbocycles. The van der Waals surface area contributed by atoms with E-state index in [0.717, 1.165) is 0 Å². The molecule has 0 unspecified atom stereocenters. The predicted octanol–water partition coefficient (Wildman–Crippen LogP) is 6.02. The lowest BCUT2D eigenvalue weighted by molar-refractivity contribution is -0.118. The molecule has 6 aromatic carbocycles. The first-order chi connectivity index (χ1) is 26.0. The number of carbonyl (C=O) groups is 6. The highest BCUT2D eigenvalue weighted by Gasteiger charge is 2.39. The summed E-state index contributed by atoms with van der Waals surface area (Å²) in [5.74, 6) is -3.51. The Hall–Kier alpha value is -7.66. The average Bonchev–Trinajstić information content (AvgIpc) is 3.18. The van der Waals surface area contributed by atoms with Gasteiger partial charge < -0.3 is 26.6 Å². The molecule has 2 aliphatic carbocycles. The molecule has 6 aromatic rings. The van der Waals surface area contributed by atoms with Crippen LogP contribution in [0.4, 0.5) is 17.1 Å². The number of fused-ring (bicyclic) bond motifs is 4. The van der Waals surface area contributed by atoms with Crippen molar-refractivity contribution in [2.45, 2.75) is 0 Å². The van der Waals surface area contributed by atoms with Gasteiger partial charge in [-0.2, -0.15) is 0 Å². The van der Waals surface area contributed by atoms with Crippen LogP contribution >= 0.6 is 0 Å². The van der Waals surface area contributed by atoms with Gasteiger partial charge in [-0.05, 0) is 41.5 Å². The van der Waals surface area contributed by atoms with Gasteiger partial charge in [-0.15, -0.1) is 0 Å². The predicted molar refractivity (Wildman–Crippen MR) is 199 cm³/mol. The smallest absolute Gasteiger partial charge is 0.262 e. The second-order valence-corrected chi connectivity index (χ2v) is 12.7. The number of phenolic OH excluding ortho intramolecular Hbond substituents is 1. The van der Waals surface area contributed by atoms with Crippen LogP contribution in [0, 0.1) is 0 Å². The SMILES string of the molecule is Nc1cccc2c1C(=O)c1c(-c3ccc(NC(=O)COc4ccc(C(=O)c5ccccc5)c(O)c4)c4c3C(=O)c3ccccc3C4=O)ccc(N)c1C2=O. The van der Waals surface area contributed by atoms with Crippen LogP contribution in [0.2, 0.25) is 0 Å². The fourth-order valence-electron chi connectivity index (χ4n) is 7.02. The summed E-state index contributed by atoms with van der Waals surface area (Å²) in [6.07, 6.45) is 0. The van der Waals surface area contributed by atoms with Gasteiger partial charge in [0.25, 0.3) is 5.91 Å². The normalized spacial score (nSPS) is 12.7. The average molecular weight is 714 g/mol. The van der Waals surface area contributed by atoms with Crippen molar-refractivity contribution in [3.8, 4) is 22.6 Å². The van der Waals surface area contributed by atoms with Crippen molar-refractivity contribution in [3.05, 3.63) is 171 Å². The number of phenols is 1. The molecule has 0 fully saturated rings. The fraction of sp³-hybridized carbons (Fsp3) is 0.0233. The summed E-state index contributed by atoms with van der Waals surface area (Å²) in [5, 5.41) is 13.2. The minimum atomic E-state index is -0.703. The van der Waals surface area contributed by atoms with E-state index >= 15 is 0 Å². The number of rotatable bonds is 7. The second-order valence-electron chi connectivity index (χ2n) is 12.7. The van der Waals surface area contributed by atoms with Crippen LogP contribution in [-0.4, -0.2) is 46.5 Å². The molecule has 0 bridgehead atoms. The first-order valence-electron chi connectivity index (χ1n) is 16.7. The Morgan fingerprint density at radius 2 is 1.15 bits per heavy atom. The van der Waals surface area contributed by atoms with Crippen molar-refractivity contribution in [1.29, 1.82) is 0 Å². The van der Waals surface area contributed by atoms with Gasteiger partial charge in [0.2, 0.25) is 0 Å². The van der Waals surface area contributed by atoms with E-state index in [4.69, 9.17) is 16.2 Å². The maximum atomic E-state index is 14.3. The highest BCUT2D eigenvalue weighted by atomic mass is 16.5. The molecule has 0 atom stereocenters. The minimum absolute atomic E-state index is 0.00293. The number of hydrogen-bond acceptors (Lipinski definition) is 10. The van der Waals surface area contributed by atoms with Crippen LogP contribution in [0.5, 0.6) is 11.5 Å². The van der Waals surface area contributed by atoms with Gasteiger partial charge in [0.15, 0.2) is 35.5 Å². The molecule has 54 heavy (non-hydrogen) atoms. The van der Waals surface area contributed by atoms with E-state index in [2.05, 4.69) is 5.32 Å². The van der Waals surface area contributed by atoms with Crippen LogP contribution in [0.25, 0.3) is 11.1 Å². The number of nitrogens with one attached hydrogen (secondary N) is 1. The number of ketones is 5. The first kappa shape index (κ1) is 33.5. The summed E-state index contributed by atoms with van der Waals surface area (Å²) in [4.78, 5) is 82.5. The molecule has 0 saturated heterocycles. The second kappa shape index (κ2) is 12.8. The number of aromatic hydroxyl groups is 1. The van der Waals surface area contributed by atoms with Crippen molar-refractivity contribution in [1.82, 2.24) is 0 Å². The molecular weight excluding hydrogens is 686 g/mol. The van der Waals surface area contributed by atoms with Crippen LogP contribution in [0.3, 0.4) is 0 Å². The van der Waals surface area contributed by atoms with E-state index in [0.29, 0.717) is 5.56 Å². The molecule has 8 rings (SSSR count). The van der Waals surface area contributed by atoms with Crippen LogP contribution in [0.1, 0.15) is 79.6 Å². The van der Waals surface area contributed by atoms with E-state index < -0.39 is 41.4 Å². The molecule has 0 radical (unpaired) electrons. The van der Waals surface area contributed by atoms with E-state index in [1.54, 1.807) is 48.5 Å². The van der Waals surface area contributed by atoms with Crippen molar-refractivity contribution < 1.29 is 38.6 Å². The third-order valence-corrected chi connectivity index (χ3v) is 9.52. The zero-order valence-electron chi connectivity index (χ0n) is 28.1. The molecule has 11 heteroatoms. The minimum Gasteiger partial charge on any atom is -0.507 e. The molecule has 0 aromatic heterocycles. The molecule has 0 spiro atoms. The summed E-state index contributed by atoms with van der Waals surface area (Å²) in [6, 6.07) is 29.2. The molecule has 1 amide bonds. The summed E-state index contributed by atoms with van der Waals surface area (Å²) >= 11 is 0. The Morgan fingerprint density at radius 3 is 1.85 bits per heavy atom. The molecular formula is C43H27N3O8. The van der Waals surface area contributed by atoms with Gasteiger partial charge in [-0.1, -0.05) is 78.9 Å². The molecule has 0 aliphatic heterocycles. The lowest BCUT2D eigenvalue weighted by atomic mass is 9.75. The number of benzene rings is 6. The number of ether oxygens (including phenoxy) is 1. The summed E-state index contributed by atoms with van der Waals surface area (Å²) in [6.45, 7) is -0.566. The molecule has 0 heterocycles. The highest BCUT2D eigenvalue weighted by Crippen LogP contribution is 2.44. The number of carbonyl (C=O) groups excluding carboxylic acids is 6. The number of nitrogen functional groups attached to an aromatic ring is 2. The monoisotopic (exact) mass is 713 g/mol. The van der Waals surface area contributed by atoms with Crippen molar-refractivity contribution in [2.24, 2.45) is 0 Å². The summed E-state index contributed by atoms with van der Waals surface area (Å²) in [7, 11) is 0. The summed E-state index contributed by atoms with van der Waals surface area (Å²) < 4.78 is 5.61. The Labute approximate surface area is 306 Å². The van der Waals surface area contributed by atoms with E-state index in [-0.39, 0.29) is 89.8 Å². The lowest BCUT2D eigenvalue weighted by Gasteiger charge is -2.26. The van der Waals surface area contributed by atoms with Gasteiger partial charge in [0, 0.05) is 50.8 Å². The van der Waals surface area contributed by atoms with Crippen molar-refractivity contribution >= 4 is 51.9 Å². The quantitative estimate of drug-likeness (QED) is 0.112. The number of hydrogen-bond donors (Lipinski definition) is 4. The Kier molecular flexibility index (Phi) is 7.96. The topological polar surface area (TPSA) is 196 Å². The zero-order valence-corrected chi connectivity index (χ0v) is 28.1. The maximum Gasteiger partial charge on any atom is 0.262 e. The van der Waals surface area contributed by atoms with Crippen LogP contribution < -0.4 is 21.5 Å². The third kappa shape index (κ3) is 5.30. The van der Waals surface area contributed by atoms with Gasteiger partial charge in [-0.25, -0.2) is 0 Å². The van der Waals surface area contributed by atoms with Crippen LogP contribution in [0.15, 0.2) is 115 Å². The third-order valence-electron chi connectivity index (χ3n) is 9.52. The number of nitrogens with two attached hydrogens (primary N) is 2. The van der Waals surface area contributed by atoms with Crippen molar-refractivity contribution in [3.63, 3.8) is 0 Å². The zero-order chi connectivity index (χ0) is 37.8. The van der Waals surface area contributed by atoms with Crippen molar-refractivity contribution in [2.75, 3.05) is 23.4 Å². The molecule has 6 N–H and O–H groups in total. The molecule has 11 nitrogen and oxygen atoms in total. The van der Waals surface area contributed by atoms with Gasteiger partial charge in [0.05, 0.1) is 27.9 Å². The Balaban J connectivity index is 1.16. The Bertz CT molecular complexity index is 2680. The van der Waals surface area contributed by atoms with Crippen LogP contribution in [-0.2, 0) is 4.79 Å². The number of amides is 1. The molecule has 262 valence electrons. The lowest BCUT2D eigenvalue weighted by Crippen LogP contribution is -2.27. The Morgan fingerprint density at radius 1 is 0.556 bits per heavy atom. The summed E-state index contributed by atoms with van der Waals surface area (Å²) in [5.41, 5.74) is 13.4. The van der Waals surface area contributed by atoms with E-state index in [1.807, 2.05) is 0 Å². The number of anilines is 3. The first-order valence-corrected chi connectivity index (χ1v) is 16.7. The van der Waals surface area contributed by atoms with E-state index in [9.17, 15) is 33.9 Å². The van der Waals surface area contributed by atoms with Gasteiger partial charge in [0.1, 0.15) is 11.5 Å². The van der Waals surface area contributed by atoms with E-state index in [1.165, 1.54) is 66.7 Å². The standard InChI is InChI=1S/C43H27N3O8/c44-29-12-6-11-28-34(29)43(53)35-23(15-17-30(45)37(35)42(28)52)24-16-18-31(38-36(24)40(50)25-9-4-5-10-26(25)41(38)51)46-33(48)20-54-22-13-14-27(32(47)19-22)39(49)21-7-2-1-3-8-21/h1-19,47H,20,44-45H2,(H,46,48). The highest BCUT2D eigenvalue weighted by molar-refractivity contribution is 6.36. The van der Waals surface area contributed by atoms with Gasteiger partial charge >= 0.3 is 0 Å². The maximum absolute atomic E-state index is 14.3. The molecule has 2 aliphatic rings.